The van der Waals surface area contributed by atoms with Crippen LogP contribution in [-0.2, 0) is 0 Å². The molecule has 0 aliphatic rings. The number of phenolic OH excluding ortho intramolecular Hbond substituents is 1. The van der Waals surface area contributed by atoms with Crippen LogP contribution >= 0.6 is 0 Å². The first-order valence-electron chi connectivity index (χ1n) is 6.23. The SMILES string of the molecule is CCN(c1cccc(C#N)c1)c1cc(O)ccc1C. The van der Waals surface area contributed by atoms with E-state index in [1.54, 1.807) is 18.2 Å². The van der Waals surface area contributed by atoms with Crippen molar-refractivity contribution in [3.8, 4) is 11.8 Å². The summed E-state index contributed by atoms with van der Waals surface area (Å²) in [7, 11) is 0. The number of phenols is 1. The first-order valence-corrected chi connectivity index (χ1v) is 6.23. The summed E-state index contributed by atoms with van der Waals surface area (Å²) in [4.78, 5) is 2.08. The summed E-state index contributed by atoms with van der Waals surface area (Å²) >= 11 is 0. The molecule has 2 aromatic carbocycles. The molecule has 0 aliphatic carbocycles. The summed E-state index contributed by atoms with van der Waals surface area (Å²) in [5.74, 6) is 0.246. The van der Waals surface area contributed by atoms with Crippen LogP contribution in [-0.4, -0.2) is 11.7 Å². The molecule has 0 amide bonds. The molecule has 3 nitrogen and oxygen atoms in total. The Labute approximate surface area is 113 Å². The molecule has 1 N–H and O–H groups in total. The Bertz CT molecular complexity index is 629. The quantitative estimate of drug-likeness (QED) is 0.905. The lowest BCUT2D eigenvalue weighted by atomic mass is 10.1. The average molecular weight is 252 g/mol. The van der Waals surface area contributed by atoms with E-state index in [4.69, 9.17) is 5.26 Å². The van der Waals surface area contributed by atoms with Gasteiger partial charge in [0.15, 0.2) is 0 Å². The van der Waals surface area contributed by atoms with Crippen molar-refractivity contribution < 1.29 is 5.11 Å². The van der Waals surface area contributed by atoms with E-state index in [0.29, 0.717) is 5.56 Å². The Morgan fingerprint density at radius 3 is 2.68 bits per heavy atom. The topological polar surface area (TPSA) is 47.3 Å². The standard InChI is InChI=1S/C16H16N2O/c1-3-18(14-6-4-5-13(9-14)11-17)16-10-15(19)8-7-12(16)2/h4-10,19H,3H2,1-2H3. The number of aromatic hydroxyl groups is 1. The van der Waals surface area contributed by atoms with Crippen LogP contribution in [0.15, 0.2) is 42.5 Å². The predicted octanol–water partition coefficient (Wildman–Crippen LogP) is 3.73. The first-order chi connectivity index (χ1) is 9.15. The second-order valence-electron chi connectivity index (χ2n) is 4.38. The van der Waals surface area contributed by atoms with Gasteiger partial charge >= 0.3 is 0 Å². The fourth-order valence-electron chi connectivity index (χ4n) is 2.12. The summed E-state index contributed by atoms with van der Waals surface area (Å²) in [6, 6.07) is 14.9. The van der Waals surface area contributed by atoms with Gasteiger partial charge in [0.2, 0.25) is 0 Å². The maximum absolute atomic E-state index is 9.65. The number of nitriles is 1. The molecule has 0 saturated carbocycles. The Morgan fingerprint density at radius 1 is 1.21 bits per heavy atom. The van der Waals surface area contributed by atoms with Crippen molar-refractivity contribution in [1.82, 2.24) is 0 Å². The predicted molar refractivity (Wildman–Crippen MR) is 76.7 cm³/mol. The van der Waals surface area contributed by atoms with Crippen LogP contribution in [0, 0.1) is 18.3 Å². The van der Waals surface area contributed by atoms with Crippen molar-refractivity contribution >= 4 is 11.4 Å². The maximum atomic E-state index is 9.65. The van der Waals surface area contributed by atoms with E-state index in [-0.39, 0.29) is 5.75 Å². The molecule has 0 bridgehead atoms. The lowest BCUT2D eigenvalue weighted by molar-refractivity contribution is 0.475. The monoisotopic (exact) mass is 252 g/mol. The molecule has 0 atom stereocenters. The van der Waals surface area contributed by atoms with Gasteiger partial charge in [-0.25, -0.2) is 0 Å². The van der Waals surface area contributed by atoms with Gasteiger partial charge in [-0.2, -0.15) is 5.26 Å². The maximum Gasteiger partial charge on any atom is 0.117 e. The molecule has 19 heavy (non-hydrogen) atoms. The molecule has 0 aromatic heterocycles. The molecule has 0 saturated heterocycles. The third-order valence-electron chi connectivity index (χ3n) is 3.09. The van der Waals surface area contributed by atoms with Gasteiger partial charge in [-0.1, -0.05) is 12.1 Å². The van der Waals surface area contributed by atoms with Crippen molar-refractivity contribution in [2.24, 2.45) is 0 Å². The van der Waals surface area contributed by atoms with Gasteiger partial charge in [0.25, 0.3) is 0 Å². The molecule has 2 aromatic rings. The molecule has 0 spiro atoms. The summed E-state index contributed by atoms with van der Waals surface area (Å²) in [5, 5.41) is 18.6. The van der Waals surface area contributed by atoms with E-state index in [1.165, 1.54) is 0 Å². The third kappa shape index (κ3) is 2.69. The van der Waals surface area contributed by atoms with Crippen LogP contribution < -0.4 is 4.90 Å². The van der Waals surface area contributed by atoms with E-state index in [2.05, 4.69) is 11.0 Å². The van der Waals surface area contributed by atoms with Crippen LogP contribution in [0.2, 0.25) is 0 Å². The lowest BCUT2D eigenvalue weighted by Crippen LogP contribution is -2.17. The number of hydrogen-bond donors (Lipinski definition) is 1. The highest BCUT2D eigenvalue weighted by atomic mass is 16.3. The molecule has 0 unspecified atom stereocenters. The molecule has 0 fully saturated rings. The Hall–Kier alpha value is -2.47. The minimum atomic E-state index is 0.246. The van der Waals surface area contributed by atoms with Crippen molar-refractivity contribution in [2.75, 3.05) is 11.4 Å². The molecular formula is C16H16N2O. The van der Waals surface area contributed by atoms with Crippen LogP contribution in [0.4, 0.5) is 11.4 Å². The zero-order valence-corrected chi connectivity index (χ0v) is 11.1. The number of hydrogen-bond acceptors (Lipinski definition) is 3. The van der Waals surface area contributed by atoms with Gasteiger partial charge in [-0.15, -0.1) is 0 Å². The molecule has 0 radical (unpaired) electrons. The molecule has 96 valence electrons. The van der Waals surface area contributed by atoms with Crippen LogP contribution in [0.5, 0.6) is 5.75 Å². The Kier molecular flexibility index (Phi) is 3.72. The molecule has 3 heteroatoms. The second-order valence-corrected chi connectivity index (χ2v) is 4.38. The van der Waals surface area contributed by atoms with Gasteiger partial charge in [0.05, 0.1) is 11.6 Å². The number of rotatable bonds is 3. The highest BCUT2D eigenvalue weighted by molar-refractivity contribution is 5.68. The van der Waals surface area contributed by atoms with Crippen molar-refractivity contribution in [1.29, 1.82) is 5.26 Å². The van der Waals surface area contributed by atoms with E-state index < -0.39 is 0 Å². The van der Waals surface area contributed by atoms with Gasteiger partial charge in [-0.3, -0.25) is 0 Å². The molecule has 0 heterocycles. The van der Waals surface area contributed by atoms with Crippen molar-refractivity contribution in [2.45, 2.75) is 13.8 Å². The zero-order chi connectivity index (χ0) is 13.8. The summed E-state index contributed by atoms with van der Waals surface area (Å²) in [6.07, 6.45) is 0. The van der Waals surface area contributed by atoms with Gasteiger partial charge in [-0.05, 0) is 43.7 Å². The van der Waals surface area contributed by atoms with E-state index >= 15 is 0 Å². The highest BCUT2D eigenvalue weighted by Crippen LogP contribution is 2.31. The van der Waals surface area contributed by atoms with Crippen LogP contribution in [0.3, 0.4) is 0 Å². The minimum Gasteiger partial charge on any atom is -0.508 e. The van der Waals surface area contributed by atoms with Crippen LogP contribution in [0.1, 0.15) is 18.1 Å². The van der Waals surface area contributed by atoms with E-state index in [9.17, 15) is 5.11 Å². The summed E-state index contributed by atoms with van der Waals surface area (Å²) in [6.45, 7) is 4.81. The number of benzene rings is 2. The van der Waals surface area contributed by atoms with Crippen molar-refractivity contribution in [3.05, 3.63) is 53.6 Å². The number of nitrogens with zero attached hydrogens (tertiary/aromatic N) is 2. The minimum absolute atomic E-state index is 0.246. The van der Waals surface area contributed by atoms with Gasteiger partial charge in [0, 0.05) is 24.0 Å². The second kappa shape index (κ2) is 5.45. The van der Waals surface area contributed by atoms with Gasteiger partial charge < -0.3 is 10.0 Å². The summed E-state index contributed by atoms with van der Waals surface area (Å²) in [5.41, 5.74) is 3.63. The average Bonchev–Trinajstić information content (AvgIpc) is 2.44. The number of anilines is 2. The van der Waals surface area contributed by atoms with Gasteiger partial charge in [0.1, 0.15) is 5.75 Å². The lowest BCUT2D eigenvalue weighted by Gasteiger charge is -2.25. The molecule has 0 aliphatic heterocycles. The first kappa shape index (κ1) is 13.0. The zero-order valence-electron chi connectivity index (χ0n) is 11.1. The normalized spacial score (nSPS) is 9.95. The third-order valence-corrected chi connectivity index (χ3v) is 3.09. The number of aryl methyl sites for hydroxylation is 1. The Morgan fingerprint density at radius 2 is 2.00 bits per heavy atom. The smallest absolute Gasteiger partial charge is 0.117 e. The largest absolute Gasteiger partial charge is 0.508 e. The van der Waals surface area contributed by atoms with E-state index in [1.807, 2.05) is 38.1 Å². The molecule has 2 rings (SSSR count). The fraction of sp³-hybridized carbons (Fsp3) is 0.188. The fourth-order valence-corrected chi connectivity index (χ4v) is 2.12. The van der Waals surface area contributed by atoms with Crippen LogP contribution in [0.25, 0.3) is 0 Å². The highest BCUT2D eigenvalue weighted by Gasteiger charge is 2.11. The van der Waals surface area contributed by atoms with Crippen molar-refractivity contribution in [3.63, 3.8) is 0 Å². The summed E-state index contributed by atoms with van der Waals surface area (Å²) < 4.78 is 0. The molecular weight excluding hydrogens is 236 g/mol. The van der Waals surface area contributed by atoms with E-state index in [0.717, 1.165) is 23.5 Å². The Balaban J connectivity index is 2.50.